The summed E-state index contributed by atoms with van der Waals surface area (Å²) in [5.74, 6) is -0.136. The molecule has 2 fully saturated rings. The topological polar surface area (TPSA) is 69.7 Å². The number of carbonyl (C=O) groups is 3. The van der Waals surface area contributed by atoms with Gasteiger partial charge in [-0.05, 0) is 12.0 Å². The van der Waals surface area contributed by atoms with Gasteiger partial charge in [0, 0.05) is 19.5 Å². The second-order valence-corrected chi connectivity index (χ2v) is 5.36. The number of benzene rings is 1. The lowest BCUT2D eigenvalue weighted by atomic mass is 10.0. The number of rotatable bonds is 4. The van der Waals surface area contributed by atoms with Crippen molar-refractivity contribution in [2.45, 2.75) is 18.9 Å². The molecule has 2 aliphatic heterocycles. The number of amides is 4. The van der Waals surface area contributed by atoms with Crippen molar-refractivity contribution in [2.75, 3.05) is 19.6 Å². The van der Waals surface area contributed by atoms with Crippen LogP contribution >= 0.6 is 0 Å². The van der Waals surface area contributed by atoms with E-state index in [1.54, 1.807) is 4.90 Å². The molecule has 110 valence electrons. The fourth-order valence-corrected chi connectivity index (χ4v) is 2.68. The molecule has 0 bridgehead atoms. The third kappa shape index (κ3) is 2.74. The number of hydrogen-bond acceptors (Lipinski definition) is 3. The van der Waals surface area contributed by atoms with Gasteiger partial charge in [0.25, 0.3) is 0 Å². The first-order chi connectivity index (χ1) is 10.1. The molecule has 0 radical (unpaired) electrons. The van der Waals surface area contributed by atoms with Crippen molar-refractivity contribution in [3.63, 3.8) is 0 Å². The summed E-state index contributed by atoms with van der Waals surface area (Å²) in [6.07, 6.45) is 1.17. The van der Waals surface area contributed by atoms with Crippen LogP contribution in [0.5, 0.6) is 0 Å². The predicted molar refractivity (Wildman–Crippen MR) is 75.4 cm³/mol. The summed E-state index contributed by atoms with van der Waals surface area (Å²) >= 11 is 0. The Morgan fingerprint density at radius 3 is 2.52 bits per heavy atom. The van der Waals surface area contributed by atoms with E-state index in [1.807, 2.05) is 30.3 Å². The average molecular weight is 287 g/mol. The first kappa shape index (κ1) is 13.6. The number of aryl methyl sites for hydroxylation is 1. The van der Waals surface area contributed by atoms with Crippen LogP contribution < -0.4 is 5.32 Å². The minimum atomic E-state index is -0.346. The van der Waals surface area contributed by atoms with E-state index in [0.29, 0.717) is 25.9 Å². The molecule has 0 aromatic heterocycles. The first-order valence-electron chi connectivity index (χ1n) is 7.07. The Hall–Kier alpha value is -2.37. The maximum atomic E-state index is 12.0. The van der Waals surface area contributed by atoms with E-state index in [-0.39, 0.29) is 30.4 Å². The number of hydrogen-bond donors (Lipinski definition) is 1. The third-order valence-electron chi connectivity index (χ3n) is 3.93. The van der Waals surface area contributed by atoms with Crippen molar-refractivity contribution in [2.24, 2.45) is 0 Å². The van der Waals surface area contributed by atoms with Gasteiger partial charge in [-0.15, -0.1) is 0 Å². The molecule has 3 rings (SSSR count). The second kappa shape index (κ2) is 5.55. The van der Waals surface area contributed by atoms with Gasteiger partial charge in [-0.25, -0.2) is 4.79 Å². The van der Waals surface area contributed by atoms with E-state index in [0.717, 1.165) is 5.56 Å². The monoisotopic (exact) mass is 287 g/mol. The molecule has 6 heteroatoms. The highest BCUT2D eigenvalue weighted by atomic mass is 16.2. The number of carbonyl (C=O) groups excluding carboxylic acids is 3. The standard InChI is InChI=1S/C15H17N3O3/c19-13(7-6-11-4-2-1-3-5-11)17-9-12(10-17)18-14(20)8-16-15(18)21/h1-5,12H,6-10H2,(H,16,21). The summed E-state index contributed by atoms with van der Waals surface area (Å²) in [7, 11) is 0. The fraction of sp³-hybridized carbons (Fsp3) is 0.400. The van der Waals surface area contributed by atoms with E-state index >= 15 is 0 Å². The first-order valence-corrected chi connectivity index (χ1v) is 7.07. The van der Waals surface area contributed by atoms with Gasteiger partial charge in [0.1, 0.15) is 0 Å². The minimum absolute atomic E-state index is 0.0668. The van der Waals surface area contributed by atoms with Gasteiger partial charge in [0.15, 0.2) is 0 Å². The smallest absolute Gasteiger partial charge is 0.324 e. The van der Waals surface area contributed by atoms with Crippen LogP contribution in [-0.4, -0.2) is 53.3 Å². The normalized spacial score (nSPS) is 18.7. The summed E-state index contributed by atoms with van der Waals surface area (Å²) in [4.78, 5) is 38.0. The summed E-state index contributed by atoms with van der Waals surface area (Å²) < 4.78 is 0. The maximum Gasteiger partial charge on any atom is 0.324 e. The lowest BCUT2D eigenvalue weighted by Gasteiger charge is -2.42. The van der Waals surface area contributed by atoms with Crippen molar-refractivity contribution in [3.05, 3.63) is 35.9 Å². The van der Waals surface area contributed by atoms with Gasteiger partial charge in [-0.1, -0.05) is 30.3 Å². The number of urea groups is 1. The zero-order valence-electron chi connectivity index (χ0n) is 11.6. The second-order valence-electron chi connectivity index (χ2n) is 5.36. The Morgan fingerprint density at radius 2 is 1.90 bits per heavy atom. The Bertz CT molecular complexity index is 551. The molecule has 2 saturated heterocycles. The van der Waals surface area contributed by atoms with Crippen LogP contribution in [-0.2, 0) is 16.0 Å². The molecule has 2 heterocycles. The van der Waals surface area contributed by atoms with Crippen LogP contribution in [0.4, 0.5) is 4.79 Å². The maximum absolute atomic E-state index is 12.0. The molecule has 2 aliphatic rings. The van der Waals surface area contributed by atoms with Gasteiger partial charge in [-0.3, -0.25) is 14.5 Å². The van der Waals surface area contributed by atoms with Crippen LogP contribution in [0, 0.1) is 0 Å². The largest absolute Gasteiger partial charge is 0.338 e. The number of imide groups is 1. The quantitative estimate of drug-likeness (QED) is 0.814. The zero-order chi connectivity index (χ0) is 14.8. The van der Waals surface area contributed by atoms with E-state index in [2.05, 4.69) is 5.32 Å². The van der Waals surface area contributed by atoms with Crippen LogP contribution in [0.25, 0.3) is 0 Å². The van der Waals surface area contributed by atoms with Crippen molar-refractivity contribution in [1.29, 1.82) is 0 Å². The third-order valence-corrected chi connectivity index (χ3v) is 3.93. The summed E-state index contributed by atoms with van der Waals surface area (Å²) in [5.41, 5.74) is 1.14. The number of likely N-dealkylation sites (tertiary alicyclic amines) is 1. The summed E-state index contributed by atoms with van der Waals surface area (Å²) in [6, 6.07) is 9.35. The van der Waals surface area contributed by atoms with Crippen LogP contribution in [0.1, 0.15) is 12.0 Å². The minimum Gasteiger partial charge on any atom is -0.338 e. The molecule has 1 aromatic rings. The molecule has 0 aliphatic carbocycles. The van der Waals surface area contributed by atoms with E-state index in [1.165, 1.54) is 4.90 Å². The van der Waals surface area contributed by atoms with Crippen molar-refractivity contribution in [3.8, 4) is 0 Å². The van der Waals surface area contributed by atoms with Crippen LogP contribution in [0.3, 0.4) is 0 Å². The summed E-state index contributed by atoms with van der Waals surface area (Å²) in [6.45, 7) is 0.969. The molecular weight excluding hydrogens is 270 g/mol. The number of nitrogens with zero attached hydrogens (tertiary/aromatic N) is 2. The Labute approximate surface area is 122 Å². The van der Waals surface area contributed by atoms with Gasteiger partial charge in [0.05, 0.1) is 12.6 Å². The van der Waals surface area contributed by atoms with Crippen LogP contribution in [0.15, 0.2) is 30.3 Å². The molecule has 21 heavy (non-hydrogen) atoms. The van der Waals surface area contributed by atoms with Crippen molar-refractivity contribution in [1.82, 2.24) is 15.1 Å². The summed E-state index contributed by atoms with van der Waals surface area (Å²) in [5, 5.41) is 2.49. The number of nitrogens with one attached hydrogen (secondary N) is 1. The van der Waals surface area contributed by atoms with Crippen molar-refractivity contribution < 1.29 is 14.4 Å². The van der Waals surface area contributed by atoms with E-state index in [9.17, 15) is 14.4 Å². The molecule has 4 amide bonds. The lowest BCUT2D eigenvalue weighted by molar-refractivity contribution is -0.142. The predicted octanol–water partition coefficient (Wildman–Crippen LogP) is 0.382. The average Bonchev–Trinajstić information content (AvgIpc) is 2.77. The Balaban J connectivity index is 1.46. The van der Waals surface area contributed by atoms with Gasteiger partial charge >= 0.3 is 6.03 Å². The van der Waals surface area contributed by atoms with Gasteiger partial charge in [-0.2, -0.15) is 0 Å². The molecule has 6 nitrogen and oxygen atoms in total. The lowest BCUT2D eigenvalue weighted by Crippen LogP contribution is -2.62. The Kier molecular flexibility index (Phi) is 3.60. The van der Waals surface area contributed by atoms with E-state index in [4.69, 9.17) is 0 Å². The zero-order valence-corrected chi connectivity index (χ0v) is 11.6. The van der Waals surface area contributed by atoms with Gasteiger partial charge in [0.2, 0.25) is 11.8 Å². The molecule has 1 aromatic carbocycles. The highest BCUT2D eigenvalue weighted by molar-refractivity contribution is 6.02. The molecule has 0 spiro atoms. The van der Waals surface area contributed by atoms with Crippen molar-refractivity contribution >= 4 is 17.8 Å². The molecule has 0 unspecified atom stereocenters. The van der Waals surface area contributed by atoms with Gasteiger partial charge < -0.3 is 10.2 Å². The molecule has 1 N–H and O–H groups in total. The molecular formula is C15H17N3O3. The van der Waals surface area contributed by atoms with E-state index < -0.39 is 0 Å². The Morgan fingerprint density at radius 1 is 1.19 bits per heavy atom. The highest BCUT2D eigenvalue weighted by Crippen LogP contribution is 2.19. The highest BCUT2D eigenvalue weighted by Gasteiger charge is 2.42. The molecule has 0 saturated carbocycles. The molecule has 0 atom stereocenters. The SMILES string of the molecule is O=C(CCc1ccccc1)N1CC(N2C(=O)CNC2=O)C1. The fourth-order valence-electron chi connectivity index (χ4n) is 2.68. The van der Waals surface area contributed by atoms with Crippen LogP contribution in [0.2, 0.25) is 0 Å².